The van der Waals surface area contributed by atoms with Gasteiger partial charge in [-0.15, -0.1) is 0 Å². The average Bonchev–Trinajstić information content (AvgIpc) is 2.83. The largest absolute Gasteiger partial charge is 0.416 e. The number of benzene rings is 2. The summed E-state index contributed by atoms with van der Waals surface area (Å²) < 4.78 is 38.9. The number of hydrogen-bond donors (Lipinski definition) is 1. The Kier molecular flexibility index (Phi) is 6.10. The molecule has 2 aromatic carbocycles. The van der Waals surface area contributed by atoms with Gasteiger partial charge in [0, 0.05) is 37.9 Å². The highest BCUT2D eigenvalue weighted by molar-refractivity contribution is 5.94. The van der Waals surface area contributed by atoms with Crippen molar-refractivity contribution in [3.05, 3.63) is 92.3 Å². The molecule has 1 aliphatic heterocycles. The summed E-state index contributed by atoms with van der Waals surface area (Å²) in [5, 5.41) is 11.4. The number of nitro benzene ring substituents is 1. The Morgan fingerprint density at radius 2 is 1.65 bits per heavy atom. The van der Waals surface area contributed by atoms with Crippen LogP contribution in [0.4, 0.5) is 24.5 Å². The standard InChI is InChI=1S/C23H19F3N4O4/c24-23(25,26)16-6-9-19(20(14-16)30(33)34)28-10-12-29(13-11-28)22(32)17-7-8-18(27-21(17)31)15-4-2-1-3-5-15/h1-9,14H,10-13H2,(H,27,31). The predicted octanol–water partition coefficient (Wildman–Crippen LogP) is 3.93. The number of rotatable bonds is 4. The number of hydrogen-bond acceptors (Lipinski definition) is 5. The fraction of sp³-hybridized carbons (Fsp3) is 0.217. The van der Waals surface area contributed by atoms with Crippen LogP contribution in [-0.4, -0.2) is 46.9 Å². The summed E-state index contributed by atoms with van der Waals surface area (Å²) in [5.74, 6) is -0.484. The number of alkyl halides is 3. The van der Waals surface area contributed by atoms with Crippen LogP contribution >= 0.6 is 0 Å². The summed E-state index contributed by atoms with van der Waals surface area (Å²) in [7, 11) is 0. The number of nitrogens with zero attached hydrogens (tertiary/aromatic N) is 3. The number of amides is 1. The summed E-state index contributed by atoms with van der Waals surface area (Å²) >= 11 is 0. The van der Waals surface area contributed by atoms with Gasteiger partial charge >= 0.3 is 6.18 Å². The van der Waals surface area contributed by atoms with Crippen LogP contribution in [0.5, 0.6) is 0 Å². The third-order valence-corrected chi connectivity index (χ3v) is 5.63. The third kappa shape index (κ3) is 4.63. The van der Waals surface area contributed by atoms with Crippen LogP contribution in [0.1, 0.15) is 15.9 Å². The van der Waals surface area contributed by atoms with Crippen molar-refractivity contribution in [2.75, 3.05) is 31.1 Å². The van der Waals surface area contributed by atoms with E-state index in [1.165, 1.54) is 11.0 Å². The van der Waals surface area contributed by atoms with Crippen molar-refractivity contribution in [1.29, 1.82) is 0 Å². The molecule has 0 aliphatic carbocycles. The molecule has 2 heterocycles. The Morgan fingerprint density at radius 3 is 2.24 bits per heavy atom. The molecular weight excluding hydrogens is 453 g/mol. The molecule has 3 aromatic rings. The van der Waals surface area contributed by atoms with E-state index in [0.29, 0.717) is 11.8 Å². The van der Waals surface area contributed by atoms with Crippen LogP contribution in [0.2, 0.25) is 0 Å². The van der Waals surface area contributed by atoms with Crippen LogP contribution in [0.25, 0.3) is 11.3 Å². The van der Waals surface area contributed by atoms with Crippen molar-refractivity contribution in [1.82, 2.24) is 9.88 Å². The second kappa shape index (κ2) is 9.00. The fourth-order valence-electron chi connectivity index (χ4n) is 3.86. The quantitative estimate of drug-likeness (QED) is 0.458. The van der Waals surface area contributed by atoms with Crippen LogP contribution in [0, 0.1) is 10.1 Å². The minimum absolute atomic E-state index is 0.0337. The van der Waals surface area contributed by atoms with Gasteiger partial charge in [0.15, 0.2) is 0 Å². The second-order valence-corrected chi connectivity index (χ2v) is 7.72. The van der Waals surface area contributed by atoms with Crippen LogP contribution in [0.15, 0.2) is 65.5 Å². The Balaban J connectivity index is 1.49. The summed E-state index contributed by atoms with van der Waals surface area (Å²) in [6.45, 7) is 0.629. The molecular formula is C23H19F3N4O4. The molecule has 1 fully saturated rings. The van der Waals surface area contributed by atoms with Crippen molar-refractivity contribution in [2.24, 2.45) is 0 Å². The number of nitrogens with one attached hydrogen (secondary N) is 1. The Hall–Kier alpha value is -4.15. The molecule has 0 spiro atoms. The van der Waals surface area contributed by atoms with Gasteiger partial charge in [-0.25, -0.2) is 0 Å². The molecule has 4 rings (SSSR count). The minimum Gasteiger partial charge on any atom is -0.362 e. The molecule has 1 N–H and O–H groups in total. The average molecular weight is 472 g/mol. The number of aromatic nitrogens is 1. The number of carbonyl (C=O) groups excluding carboxylic acids is 1. The molecule has 1 aromatic heterocycles. The number of carbonyl (C=O) groups is 1. The highest BCUT2D eigenvalue weighted by Crippen LogP contribution is 2.36. The second-order valence-electron chi connectivity index (χ2n) is 7.72. The van der Waals surface area contributed by atoms with Crippen LogP contribution in [-0.2, 0) is 6.18 Å². The highest BCUT2D eigenvalue weighted by Gasteiger charge is 2.34. The third-order valence-electron chi connectivity index (χ3n) is 5.63. The van der Waals surface area contributed by atoms with Crippen molar-refractivity contribution < 1.29 is 22.9 Å². The van der Waals surface area contributed by atoms with E-state index < -0.39 is 33.8 Å². The minimum atomic E-state index is -4.70. The van der Waals surface area contributed by atoms with E-state index in [1.54, 1.807) is 11.0 Å². The molecule has 0 atom stereocenters. The van der Waals surface area contributed by atoms with Crippen LogP contribution < -0.4 is 10.5 Å². The maximum atomic E-state index is 13.0. The van der Waals surface area contributed by atoms with E-state index in [-0.39, 0.29) is 37.4 Å². The SMILES string of the molecule is O=C(c1ccc(-c2ccccc2)[nH]c1=O)N1CCN(c2ccc(C(F)(F)F)cc2[N+](=O)[O-])CC1. The lowest BCUT2D eigenvalue weighted by Crippen LogP contribution is -2.49. The number of halogens is 3. The zero-order valence-corrected chi connectivity index (χ0v) is 17.7. The van der Waals surface area contributed by atoms with Gasteiger partial charge in [0.05, 0.1) is 10.5 Å². The van der Waals surface area contributed by atoms with Crippen molar-refractivity contribution >= 4 is 17.3 Å². The zero-order valence-electron chi connectivity index (χ0n) is 17.7. The van der Waals surface area contributed by atoms with E-state index in [4.69, 9.17) is 0 Å². The van der Waals surface area contributed by atoms with Crippen LogP contribution in [0.3, 0.4) is 0 Å². The van der Waals surface area contributed by atoms with Gasteiger partial charge < -0.3 is 14.8 Å². The Bertz CT molecular complexity index is 1280. The Morgan fingerprint density at radius 1 is 0.971 bits per heavy atom. The van der Waals surface area contributed by atoms with E-state index in [2.05, 4.69) is 4.98 Å². The number of anilines is 1. The monoisotopic (exact) mass is 472 g/mol. The number of pyridine rings is 1. The summed E-state index contributed by atoms with van der Waals surface area (Å²) in [4.78, 5) is 41.7. The molecule has 11 heteroatoms. The van der Waals surface area contributed by atoms with Gasteiger partial charge in [-0.1, -0.05) is 30.3 Å². The van der Waals surface area contributed by atoms with Crippen molar-refractivity contribution in [3.8, 4) is 11.3 Å². The lowest BCUT2D eigenvalue weighted by Gasteiger charge is -2.35. The smallest absolute Gasteiger partial charge is 0.362 e. The summed E-state index contributed by atoms with van der Waals surface area (Å²) in [6, 6.07) is 14.6. The molecule has 0 unspecified atom stereocenters. The first-order valence-corrected chi connectivity index (χ1v) is 10.3. The molecule has 1 aliphatic rings. The summed E-state index contributed by atoms with van der Waals surface area (Å²) in [5.41, 5.74) is -0.902. The molecule has 8 nitrogen and oxygen atoms in total. The van der Waals surface area contributed by atoms with Gasteiger partial charge in [0.1, 0.15) is 11.3 Å². The molecule has 0 saturated carbocycles. The van der Waals surface area contributed by atoms with E-state index in [0.717, 1.165) is 17.7 Å². The van der Waals surface area contributed by atoms with Gasteiger partial charge in [-0.05, 0) is 29.8 Å². The van der Waals surface area contributed by atoms with Crippen molar-refractivity contribution in [3.63, 3.8) is 0 Å². The van der Waals surface area contributed by atoms with E-state index in [1.807, 2.05) is 30.3 Å². The first-order chi connectivity index (χ1) is 16.1. The lowest BCUT2D eigenvalue weighted by molar-refractivity contribution is -0.384. The van der Waals surface area contributed by atoms with Gasteiger partial charge in [0.25, 0.3) is 17.2 Å². The van der Waals surface area contributed by atoms with Crippen molar-refractivity contribution in [2.45, 2.75) is 6.18 Å². The molecule has 176 valence electrons. The van der Waals surface area contributed by atoms with E-state index in [9.17, 15) is 32.9 Å². The van der Waals surface area contributed by atoms with Gasteiger partial charge in [-0.2, -0.15) is 13.2 Å². The number of H-pyrrole nitrogens is 1. The first-order valence-electron chi connectivity index (χ1n) is 10.3. The number of aromatic amines is 1. The molecule has 1 saturated heterocycles. The van der Waals surface area contributed by atoms with Gasteiger partial charge in [-0.3, -0.25) is 19.7 Å². The van der Waals surface area contributed by atoms with Gasteiger partial charge in [0.2, 0.25) is 0 Å². The van der Waals surface area contributed by atoms with E-state index >= 15 is 0 Å². The fourth-order valence-corrected chi connectivity index (χ4v) is 3.86. The Labute approximate surface area is 191 Å². The summed E-state index contributed by atoms with van der Waals surface area (Å²) in [6.07, 6.45) is -4.70. The molecule has 0 bridgehead atoms. The molecule has 1 amide bonds. The number of nitro groups is 1. The highest BCUT2D eigenvalue weighted by atomic mass is 19.4. The number of piperazine rings is 1. The normalized spacial score (nSPS) is 14.2. The topological polar surface area (TPSA) is 99.6 Å². The predicted molar refractivity (Wildman–Crippen MR) is 119 cm³/mol. The molecule has 34 heavy (non-hydrogen) atoms. The first kappa shape index (κ1) is 23.0. The lowest BCUT2D eigenvalue weighted by atomic mass is 10.1. The zero-order chi connectivity index (χ0) is 24.5. The maximum Gasteiger partial charge on any atom is 0.416 e. The molecule has 0 radical (unpaired) electrons. The maximum absolute atomic E-state index is 13.0.